The molecule has 1 heterocycles. The van der Waals surface area contributed by atoms with Gasteiger partial charge in [0.05, 0.1) is 23.0 Å². The van der Waals surface area contributed by atoms with Crippen molar-refractivity contribution in [2.75, 3.05) is 5.32 Å². The number of amides is 1. The molecule has 0 aliphatic heterocycles. The van der Waals surface area contributed by atoms with E-state index in [-0.39, 0.29) is 10.7 Å². The molecule has 0 fully saturated rings. The number of aromatic nitrogens is 3. The fraction of sp³-hybridized carbons (Fsp3) is 0.250. The number of thioether (sulfide) groups is 1. The molecule has 0 saturated heterocycles. The molecule has 3 aromatic rings. The van der Waals surface area contributed by atoms with E-state index in [4.69, 9.17) is 11.6 Å². The van der Waals surface area contributed by atoms with E-state index in [0.29, 0.717) is 17.5 Å². The molecular weight excluding hydrogens is 437 g/mol. The Kier molecular flexibility index (Phi) is 6.72. The highest BCUT2D eigenvalue weighted by Crippen LogP contribution is 2.37. The molecule has 2 aromatic carbocycles. The van der Waals surface area contributed by atoms with E-state index in [1.165, 1.54) is 6.07 Å². The van der Waals surface area contributed by atoms with Crippen molar-refractivity contribution >= 4 is 35.0 Å². The van der Waals surface area contributed by atoms with E-state index < -0.39 is 22.9 Å². The van der Waals surface area contributed by atoms with Crippen LogP contribution < -0.4 is 5.32 Å². The molecular formula is C20H18ClF3N4OS. The second kappa shape index (κ2) is 9.09. The van der Waals surface area contributed by atoms with Crippen molar-refractivity contribution in [3.05, 3.63) is 70.5 Å². The zero-order valence-corrected chi connectivity index (χ0v) is 17.6. The highest BCUT2D eigenvalue weighted by Gasteiger charge is 2.34. The quantitative estimate of drug-likeness (QED) is 0.505. The molecule has 1 aromatic heterocycles. The summed E-state index contributed by atoms with van der Waals surface area (Å²) in [6.07, 6.45) is -4.64. The Labute approximate surface area is 180 Å². The van der Waals surface area contributed by atoms with Gasteiger partial charge in [-0.25, -0.2) is 0 Å². The fourth-order valence-electron chi connectivity index (χ4n) is 2.70. The normalized spacial score (nSPS) is 12.6. The minimum absolute atomic E-state index is 0.0627. The lowest BCUT2D eigenvalue weighted by atomic mass is 10.1. The van der Waals surface area contributed by atoms with Crippen LogP contribution in [-0.4, -0.2) is 25.9 Å². The SMILES string of the molecule is Cc1nnc(SC(C)C(=O)Nc2ccc(Cl)cc2C(F)(F)F)n1Cc1ccccc1. The summed E-state index contributed by atoms with van der Waals surface area (Å²) in [6.45, 7) is 3.92. The number of carbonyl (C=O) groups is 1. The van der Waals surface area contributed by atoms with Crippen LogP contribution in [0.1, 0.15) is 23.9 Å². The average Bonchev–Trinajstić information content (AvgIpc) is 3.02. The summed E-state index contributed by atoms with van der Waals surface area (Å²) < 4.78 is 41.6. The molecule has 0 saturated carbocycles. The van der Waals surface area contributed by atoms with Gasteiger partial charge >= 0.3 is 6.18 Å². The average molecular weight is 455 g/mol. The minimum Gasteiger partial charge on any atom is -0.325 e. The summed E-state index contributed by atoms with van der Waals surface area (Å²) in [6, 6.07) is 12.9. The van der Waals surface area contributed by atoms with E-state index in [0.717, 1.165) is 29.5 Å². The lowest BCUT2D eigenvalue weighted by Gasteiger charge is -2.17. The van der Waals surface area contributed by atoms with Crippen molar-refractivity contribution in [1.29, 1.82) is 0 Å². The highest BCUT2D eigenvalue weighted by molar-refractivity contribution is 8.00. The number of nitrogens with zero attached hydrogens (tertiary/aromatic N) is 3. The van der Waals surface area contributed by atoms with Crippen LogP contribution in [0.2, 0.25) is 5.02 Å². The third-order valence-electron chi connectivity index (χ3n) is 4.28. The minimum atomic E-state index is -4.64. The Bertz CT molecular complexity index is 1040. The summed E-state index contributed by atoms with van der Waals surface area (Å²) in [5, 5.41) is 10.2. The number of halogens is 4. The topological polar surface area (TPSA) is 59.8 Å². The smallest absolute Gasteiger partial charge is 0.325 e. The van der Waals surface area contributed by atoms with Crippen molar-refractivity contribution in [3.63, 3.8) is 0 Å². The maximum Gasteiger partial charge on any atom is 0.418 e. The number of hydrogen-bond acceptors (Lipinski definition) is 4. The van der Waals surface area contributed by atoms with Crippen LogP contribution in [-0.2, 0) is 17.5 Å². The first-order chi connectivity index (χ1) is 14.1. The monoisotopic (exact) mass is 454 g/mol. The van der Waals surface area contributed by atoms with E-state index in [9.17, 15) is 18.0 Å². The first-order valence-corrected chi connectivity index (χ1v) is 10.2. The van der Waals surface area contributed by atoms with Crippen LogP contribution in [0.5, 0.6) is 0 Å². The maximum absolute atomic E-state index is 13.3. The van der Waals surface area contributed by atoms with Gasteiger partial charge in [0, 0.05) is 5.02 Å². The van der Waals surface area contributed by atoms with Crippen LogP contribution in [0.4, 0.5) is 18.9 Å². The summed E-state index contributed by atoms with van der Waals surface area (Å²) in [5.74, 6) is 0.0887. The van der Waals surface area contributed by atoms with Crippen LogP contribution in [0.15, 0.2) is 53.7 Å². The standard InChI is InChI=1S/C20H18ClF3N4OS/c1-12(18(29)25-17-9-8-15(21)10-16(17)20(22,23)24)30-19-27-26-13(2)28(19)11-14-6-4-3-5-7-14/h3-10,12H,11H2,1-2H3,(H,25,29). The third-order valence-corrected chi connectivity index (χ3v) is 5.60. The molecule has 0 aliphatic rings. The number of rotatable bonds is 6. The lowest BCUT2D eigenvalue weighted by molar-refractivity contribution is -0.137. The molecule has 30 heavy (non-hydrogen) atoms. The van der Waals surface area contributed by atoms with Crippen LogP contribution in [0, 0.1) is 6.92 Å². The van der Waals surface area contributed by atoms with Crippen LogP contribution in [0.25, 0.3) is 0 Å². The Balaban J connectivity index is 1.75. The predicted octanol–water partition coefficient (Wildman–Crippen LogP) is 5.43. The van der Waals surface area contributed by atoms with Crippen molar-refractivity contribution < 1.29 is 18.0 Å². The number of carbonyl (C=O) groups excluding carboxylic acids is 1. The zero-order valence-electron chi connectivity index (χ0n) is 16.1. The molecule has 1 N–H and O–H groups in total. The largest absolute Gasteiger partial charge is 0.418 e. The number of aryl methyl sites for hydroxylation is 1. The summed E-state index contributed by atoms with van der Waals surface area (Å²) in [4.78, 5) is 12.6. The maximum atomic E-state index is 13.3. The van der Waals surface area contributed by atoms with Crippen LogP contribution >= 0.6 is 23.4 Å². The number of anilines is 1. The van der Waals surface area contributed by atoms with Gasteiger partial charge in [0.2, 0.25) is 5.91 Å². The molecule has 0 aliphatic carbocycles. The lowest BCUT2D eigenvalue weighted by Crippen LogP contribution is -2.24. The number of nitrogens with one attached hydrogen (secondary N) is 1. The van der Waals surface area contributed by atoms with E-state index in [1.54, 1.807) is 13.8 Å². The highest BCUT2D eigenvalue weighted by atomic mass is 35.5. The second-order valence-electron chi connectivity index (χ2n) is 6.54. The van der Waals surface area contributed by atoms with Crippen molar-refractivity contribution in [2.45, 2.75) is 37.0 Å². The Morgan fingerprint density at radius 1 is 1.20 bits per heavy atom. The Hall–Kier alpha value is -2.52. The van der Waals surface area contributed by atoms with E-state index in [2.05, 4.69) is 15.5 Å². The molecule has 158 valence electrons. The number of alkyl halides is 3. The van der Waals surface area contributed by atoms with Crippen LogP contribution in [0.3, 0.4) is 0 Å². The van der Waals surface area contributed by atoms with Crippen molar-refractivity contribution in [1.82, 2.24) is 14.8 Å². The fourth-order valence-corrected chi connectivity index (χ4v) is 3.77. The number of benzene rings is 2. The predicted molar refractivity (Wildman–Crippen MR) is 111 cm³/mol. The van der Waals surface area contributed by atoms with E-state index >= 15 is 0 Å². The molecule has 3 rings (SSSR count). The van der Waals surface area contributed by atoms with Gasteiger partial charge in [-0.2, -0.15) is 13.2 Å². The van der Waals surface area contributed by atoms with Gasteiger partial charge in [0.25, 0.3) is 0 Å². The second-order valence-corrected chi connectivity index (χ2v) is 8.28. The Morgan fingerprint density at radius 2 is 1.90 bits per heavy atom. The molecule has 0 spiro atoms. The molecule has 0 bridgehead atoms. The van der Waals surface area contributed by atoms with Crippen molar-refractivity contribution in [3.8, 4) is 0 Å². The molecule has 10 heteroatoms. The molecule has 1 atom stereocenters. The summed E-state index contributed by atoms with van der Waals surface area (Å²) >= 11 is 6.80. The Morgan fingerprint density at radius 3 is 2.57 bits per heavy atom. The summed E-state index contributed by atoms with van der Waals surface area (Å²) in [7, 11) is 0. The summed E-state index contributed by atoms with van der Waals surface area (Å²) in [5.41, 5.74) is -0.301. The van der Waals surface area contributed by atoms with Gasteiger partial charge < -0.3 is 9.88 Å². The third kappa shape index (κ3) is 5.34. The molecule has 5 nitrogen and oxygen atoms in total. The van der Waals surface area contributed by atoms with Gasteiger partial charge in [0.1, 0.15) is 5.82 Å². The molecule has 0 radical (unpaired) electrons. The van der Waals surface area contributed by atoms with Gasteiger partial charge in [-0.1, -0.05) is 53.7 Å². The molecule has 1 unspecified atom stereocenters. The van der Waals surface area contributed by atoms with Gasteiger partial charge in [-0.3, -0.25) is 4.79 Å². The zero-order chi connectivity index (χ0) is 21.9. The first-order valence-electron chi connectivity index (χ1n) is 8.93. The van der Waals surface area contributed by atoms with Gasteiger partial charge in [-0.15, -0.1) is 10.2 Å². The molecule has 1 amide bonds. The van der Waals surface area contributed by atoms with E-state index in [1.807, 2.05) is 34.9 Å². The first kappa shape index (κ1) is 22.2. The number of hydrogen-bond donors (Lipinski definition) is 1. The van der Waals surface area contributed by atoms with Crippen molar-refractivity contribution in [2.24, 2.45) is 0 Å². The van der Waals surface area contributed by atoms with Gasteiger partial charge in [-0.05, 0) is 37.6 Å². The van der Waals surface area contributed by atoms with Gasteiger partial charge in [0.15, 0.2) is 5.16 Å².